The molecule has 6 rings (SSSR count). The molecule has 0 saturated heterocycles. The second-order valence-electron chi connectivity index (χ2n) is 8.30. The van der Waals surface area contributed by atoms with Gasteiger partial charge in [0.1, 0.15) is 0 Å². The Kier molecular flexibility index (Phi) is 9.36. The fraction of sp³-hybridized carbons (Fsp3) is 0. The number of hydrogen-bond donors (Lipinski definition) is 0. The first-order chi connectivity index (χ1) is 20.2. The summed E-state index contributed by atoms with van der Waals surface area (Å²) in [5.41, 5.74) is 0. The summed E-state index contributed by atoms with van der Waals surface area (Å²) in [4.78, 5) is 12.7. The first-order valence-electron chi connectivity index (χ1n) is 12.5. The van der Waals surface area contributed by atoms with Crippen molar-refractivity contribution in [2.45, 2.75) is 0 Å². The van der Waals surface area contributed by atoms with Crippen molar-refractivity contribution in [2.75, 3.05) is 0 Å². The number of nitrogens with zero attached hydrogens (tertiary/aromatic N) is 3. The van der Waals surface area contributed by atoms with E-state index in [1.165, 1.54) is 0 Å². The van der Waals surface area contributed by atoms with Crippen LogP contribution in [0.4, 0.5) is 0 Å². The predicted molar refractivity (Wildman–Crippen MR) is 149 cm³/mol. The van der Waals surface area contributed by atoms with E-state index in [-0.39, 0.29) is 20.1 Å². The Morgan fingerprint density at radius 1 is 0.357 bits per heavy atom. The molecule has 0 fully saturated rings. The Labute approximate surface area is 255 Å². The molecule has 0 amide bonds. The monoisotopic (exact) mass is 731 g/mol. The van der Waals surface area contributed by atoms with Gasteiger partial charge in [-0.25, -0.2) is 9.97 Å². The maximum Gasteiger partial charge on any atom is 3.00 e. The number of pyridine rings is 3. The molecule has 3 aromatic carbocycles. The van der Waals surface area contributed by atoms with Gasteiger partial charge in [-0.2, -0.15) is 23.2 Å². The van der Waals surface area contributed by atoms with Gasteiger partial charge in [-0.3, -0.25) is 0 Å². The summed E-state index contributed by atoms with van der Waals surface area (Å²) in [5, 5.41) is 0. The van der Waals surface area contributed by atoms with Gasteiger partial charge in [0.05, 0.1) is 0 Å². The average molecular weight is 731 g/mol. The second kappa shape index (κ2) is 13.9. The van der Waals surface area contributed by atoms with Gasteiger partial charge in [0.2, 0.25) is 23.5 Å². The van der Waals surface area contributed by atoms with Gasteiger partial charge in [-0.15, -0.1) is 36.4 Å². The van der Waals surface area contributed by atoms with Gasteiger partial charge in [-0.1, -0.05) is 36.4 Å². The van der Waals surface area contributed by atoms with Crippen LogP contribution in [-0.4, -0.2) is 15.0 Å². The van der Waals surface area contributed by atoms with Crippen molar-refractivity contribution in [3.63, 3.8) is 0 Å². The van der Waals surface area contributed by atoms with Crippen LogP contribution in [0, 0.1) is 18.2 Å². The maximum absolute atomic E-state index is 5.93. The number of benzene rings is 3. The van der Waals surface area contributed by atoms with E-state index in [2.05, 4.69) is 33.2 Å². The van der Waals surface area contributed by atoms with Gasteiger partial charge in [0.15, 0.2) is 0 Å². The Hall–Kier alpha value is -5.24. The van der Waals surface area contributed by atoms with Crippen LogP contribution >= 0.6 is 0 Å². The molecule has 0 bridgehead atoms. The van der Waals surface area contributed by atoms with E-state index in [1.807, 2.05) is 24.3 Å². The van der Waals surface area contributed by atoms with Crippen molar-refractivity contribution >= 4 is 0 Å². The van der Waals surface area contributed by atoms with Gasteiger partial charge in [0.25, 0.3) is 0 Å². The molecular weight excluding hydrogens is 711 g/mol. The predicted octanol–water partition coefficient (Wildman–Crippen LogP) is 8.23. The molecule has 0 aliphatic rings. The Balaban J connectivity index is 0.00000353. The molecule has 0 atom stereocenters. The van der Waals surface area contributed by atoms with Crippen LogP contribution in [0.2, 0.25) is 0 Å². The molecule has 3 heterocycles. The molecule has 9 heteroatoms. The van der Waals surface area contributed by atoms with E-state index in [4.69, 9.17) is 23.7 Å². The minimum Gasteiger partial charge on any atom is -0.509 e. The van der Waals surface area contributed by atoms with Gasteiger partial charge in [0, 0.05) is 71.2 Å². The van der Waals surface area contributed by atoms with Crippen molar-refractivity contribution < 1.29 is 43.8 Å². The third-order valence-electron chi connectivity index (χ3n) is 5.28. The third kappa shape index (κ3) is 7.91. The largest absolute Gasteiger partial charge is 3.00 e. The van der Waals surface area contributed by atoms with Crippen LogP contribution < -0.4 is 23.7 Å². The summed E-state index contributed by atoms with van der Waals surface area (Å²) in [6, 6.07) is 41.2. The normalized spacial score (nSPS) is 10.2. The van der Waals surface area contributed by atoms with Gasteiger partial charge in [-0.05, 0) is 12.1 Å². The van der Waals surface area contributed by atoms with Crippen LogP contribution in [0.3, 0.4) is 0 Å². The quantitative estimate of drug-likeness (QED) is 0.131. The number of rotatable bonds is 10. The first-order valence-corrected chi connectivity index (χ1v) is 12.5. The van der Waals surface area contributed by atoms with Gasteiger partial charge >= 0.3 is 20.1 Å². The smallest absolute Gasteiger partial charge is 0.509 e. The molecular formula is C33H20IrN3O5. The standard InChI is InChI=1S/C33H20N3O5.Ir/c1-3-19-34-30(15-1)38-26-11-5-9-24(21-26)37-25-10-6-13-28(22-25)40-32-17-8-18-33(36-32)41-29-14-7-12-27(23-29)39-31-16-2-4-20-35-31;/h1-20H;/q-3;+3. The summed E-state index contributed by atoms with van der Waals surface area (Å²) in [6.45, 7) is 0. The minimum atomic E-state index is 0. The molecule has 0 radical (unpaired) electrons. The zero-order valence-electron chi connectivity index (χ0n) is 21.8. The molecule has 8 nitrogen and oxygen atoms in total. The van der Waals surface area contributed by atoms with Crippen LogP contribution in [0.15, 0.2) is 122 Å². The van der Waals surface area contributed by atoms with Gasteiger partial charge < -0.3 is 23.7 Å². The fourth-order valence-corrected chi connectivity index (χ4v) is 3.53. The Bertz CT molecular complexity index is 1610. The molecule has 0 aliphatic heterocycles. The fourth-order valence-electron chi connectivity index (χ4n) is 3.53. The summed E-state index contributed by atoms with van der Waals surface area (Å²) < 4.78 is 29.2. The van der Waals surface area contributed by atoms with Crippen molar-refractivity contribution in [3.05, 3.63) is 140 Å². The molecule has 206 valence electrons. The van der Waals surface area contributed by atoms with E-state index in [0.29, 0.717) is 58.0 Å². The number of ether oxygens (including phenoxy) is 5. The van der Waals surface area contributed by atoms with E-state index in [1.54, 1.807) is 97.3 Å². The van der Waals surface area contributed by atoms with Crippen molar-refractivity contribution in [2.24, 2.45) is 0 Å². The van der Waals surface area contributed by atoms with E-state index in [9.17, 15) is 0 Å². The van der Waals surface area contributed by atoms with Crippen molar-refractivity contribution in [1.82, 2.24) is 15.0 Å². The molecule has 3 aromatic heterocycles. The van der Waals surface area contributed by atoms with Crippen molar-refractivity contribution in [1.29, 1.82) is 0 Å². The summed E-state index contributed by atoms with van der Waals surface area (Å²) in [7, 11) is 0. The zero-order chi connectivity index (χ0) is 27.7. The zero-order valence-corrected chi connectivity index (χ0v) is 24.2. The third-order valence-corrected chi connectivity index (χ3v) is 5.28. The SMILES string of the molecule is [Ir+3].[c-]1c(Oc2[c-]c(Oc3cccc(Oc4[c-]c(Oc5ccccn5)ccc4)n3)ccc2)cccc1Oc1ccccn1. The summed E-state index contributed by atoms with van der Waals surface area (Å²) in [5.74, 6) is 4.21. The minimum absolute atomic E-state index is 0. The van der Waals surface area contributed by atoms with Crippen LogP contribution in [0.25, 0.3) is 0 Å². The molecule has 0 saturated carbocycles. The molecule has 0 spiro atoms. The number of hydrogen-bond acceptors (Lipinski definition) is 8. The van der Waals surface area contributed by atoms with E-state index in [0.717, 1.165) is 0 Å². The van der Waals surface area contributed by atoms with Crippen LogP contribution in [-0.2, 0) is 20.1 Å². The van der Waals surface area contributed by atoms with Crippen LogP contribution in [0.5, 0.6) is 58.0 Å². The van der Waals surface area contributed by atoms with Crippen molar-refractivity contribution in [3.8, 4) is 58.0 Å². The van der Waals surface area contributed by atoms with Crippen LogP contribution in [0.1, 0.15) is 0 Å². The van der Waals surface area contributed by atoms with E-state index < -0.39 is 0 Å². The summed E-state index contributed by atoms with van der Waals surface area (Å²) >= 11 is 0. The van der Waals surface area contributed by atoms with E-state index >= 15 is 0 Å². The summed E-state index contributed by atoms with van der Waals surface area (Å²) in [6.07, 6.45) is 3.31. The second-order valence-corrected chi connectivity index (χ2v) is 8.30. The Morgan fingerprint density at radius 2 is 0.690 bits per heavy atom. The maximum atomic E-state index is 5.93. The molecule has 42 heavy (non-hydrogen) atoms. The Morgan fingerprint density at radius 3 is 1.07 bits per heavy atom. The first kappa shape index (κ1) is 28.3. The number of aromatic nitrogens is 3. The molecule has 0 N–H and O–H groups in total. The molecule has 6 aromatic rings. The average Bonchev–Trinajstić information content (AvgIpc) is 2.99. The molecule has 0 unspecified atom stereocenters. The topological polar surface area (TPSA) is 84.8 Å². The molecule has 0 aliphatic carbocycles.